The van der Waals surface area contributed by atoms with Gasteiger partial charge in [0.15, 0.2) is 0 Å². The number of nitrogens with zero attached hydrogens (tertiary/aromatic N) is 1. The van der Waals surface area contributed by atoms with Crippen LogP contribution < -0.4 is 10.4 Å². The average molecular weight is 1110 g/mol. The van der Waals surface area contributed by atoms with E-state index in [2.05, 4.69) is 121 Å². The molecule has 0 spiro atoms. The SMILES string of the molecule is CCCCCCCCC(=O)OC(CCCCCC)CSCCCCCC(CCCCCSCC(CCCCCC)OC(=O)CCCCCCCC)N(CC)CCCCO[Si](c1ccccc1)(c1ccccc1)C(C)(C)C. The van der Waals surface area contributed by atoms with Gasteiger partial charge in [0.2, 0.25) is 0 Å². The van der Waals surface area contributed by atoms with E-state index in [1.165, 1.54) is 152 Å². The van der Waals surface area contributed by atoms with Crippen molar-refractivity contribution in [1.82, 2.24) is 4.90 Å². The minimum absolute atomic E-state index is 0.0152. The zero-order valence-corrected chi connectivity index (χ0v) is 53.4. The van der Waals surface area contributed by atoms with Crippen LogP contribution in [0, 0.1) is 0 Å². The Hall–Kier alpha value is -1.78. The second-order valence-corrected chi connectivity index (χ2v) is 29.9. The van der Waals surface area contributed by atoms with Crippen molar-refractivity contribution in [2.45, 2.75) is 297 Å². The van der Waals surface area contributed by atoms with Gasteiger partial charge in [-0.25, -0.2) is 0 Å². The van der Waals surface area contributed by atoms with Crippen LogP contribution in [0.15, 0.2) is 60.7 Å². The van der Waals surface area contributed by atoms with Crippen molar-refractivity contribution >= 4 is 54.2 Å². The fourth-order valence-corrected chi connectivity index (χ4v) is 17.8. The Balaban J connectivity index is 2.00. The predicted octanol–water partition coefficient (Wildman–Crippen LogP) is 18.9. The summed E-state index contributed by atoms with van der Waals surface area (Å²) in [5.74, 6) is 4.19. The third kappa shape index (κ3) is 32.5. The van der Waals surface area contributed by atoms with E-state index in [4.69, 9.17) is 13.9 Å². The van der Waals surface area contributed by atoms with Gasteiger partial charge in [-0.3, -0.25) is 9.59 Å². The van der Waals surface area contributed by atoms with E-state index in [0.29, 0.717) is 18.9 Å². The maximum absolute atomic E-state index is 12.9. The highest BCUT2D eigenvalue weighted by molar-refractivity contribution is 7.99. The summed E-state index contributed by atoms with van der Waals surface area (Å²) < 4.78 is 19.6. The summed E-state index contributed by atoms with van der Waals surface area (Å²) in [5, 5.41) is 2.70. The van der Waals surface area contributed by atoms with Gasteiger partial charge in [0.25, 0.3) is 8.32 Å². The first-order valence-corrected chi connectivity index (χ1v) is 36.3. The fourth-order valence-electron chi connectivity index (χ4n) is 11.0. The van der Waals surface area contributed by atoms with Gasteiger partial charge in [0.05, 0.1) is 0 Å². The minimum Gasteiger partial charge on any atom is -0.461 e. The van der Waals surface area contributed by atoms with Crippen LogP contribution in [0.1, 0.15) is 274 Å². The summed E-state index contributed by atoms with van der Waals surface area (Å²) in [6.45, 7) is 21.5. The topological polar surface area (TPSA) is 65.1 Å². The molecule has 0 heterocycles. The smallest absolute Gasteiger partial charge is 0.306 e. The molecule has 0 fully saturated rings. The van der Waals surface area contributed by atoms with E-state index in [-0.39, 0.29) is 29.2 Å². The van der Waals surface area contributed by atoms with Gasteiger partial charge in [-0.05, 0) is 117 Å². The minimum atomic E-state index is -2.55. The Morgan fingerprint density at radius 3 is 1.26 bits per heavy atom. The summed E-state index contributed by atoms with van der Waals surface area (Å²) in [4.78, 5) is 28.6. The molecular weight excluding hydrogens is 991 g/mol. The molecule has 2 unspecified atom stereocenters. The Bertz CT molecular complexity index is 1530. The first-order valence-electron chi connectivity index (χ1n) is 32.1. The van der Waals surface area contributed by atoms with Crippen LogP contribution in [-0.2, 0) is 23.5 Å². The van der Waals surface area contributed by atoms with Crippen LogP contribution in [-0.4, -0.2) is 86.1 Å². The summed E-state index contributed by atoms with van der Waals surface area (Å²) in [6.07, 6.45) is 39.5. The average Bonchev–Trinajstić information content (AvgIpc) is 3.44. The summed E-state index contributed by atoms with van der Waals surface area (Å²) in [5.41, 5.74) is 0. The first kappa shape index (κ1) is 70.3. The van der Waals surface area contributed by atoms with Crippen molar-refractivity contribution in [2.24, 2.45) is 0 Å². The molecule has 0 aliphatic rings. The number of hydrogen-bond donors (Lipinski definition) is 0. The van der Waals surface area contributed by atoms with Crippen LogP contribution in [0.4, 0.5) is 0 Å². The molecule has 0 radical (unpaired) electrons. The van der Waals surface area contributed by atoms with Crippen molar-refractivity contribution in [3.05, 3.63) is 60.7 Å². The number of benzene rings is 2. The van der Waals surface area contributed by atoms with E-state index in [0.717, 1.165) is 107 Å². The van der Waals surface area contributed by atoms with Crippen LogP contribution in [0.2, 0.25) is 5.04 Å². The van der Waals surface area contributed by atoms with Crippen molar-refractivity contribution < 1.29 is 23.5 Å². The summed E-state index contributed by atoms with van der Waals surface area (Å²) in [6, 6.07) is 22.8. The third-order valence-corrected chi connectivity index (χ3v) is 23.0. The Kier molecular flexibility index (Phi) is 43.4. The lowest BCUT2D eigenvalue weighted by atomic mass is 10.00. The Morgan fingerprint density at radius 1 is 0.474 bits per heavy atom. The largest absolute Gasteiger partial charge is 0.461 e. The van der Waals surface area contributed by atoms with Crippen molar-refractivity contribution in [3.8, 4) is 0 Å². The molecule has 2 aromatic rings. The normalized spacial score (nSPS) is 13.3. The lowest BCUT2D eigenvalue weighted by Gasteiger charge is -2.43. The number of rotatable bonds is 52. The van der Waals surface area contributed by atoms with Gasteiger partial charge in [-0.15, -0.1) is 0 Å². The molecule has 2 atom stereocenters. The fraction of sp³-hybridized carbons (Fsp3) is 0.791. The van der Waals surface area contributed by atoms with Gasteiger partial charge in [-0.1, -0.05) is 244 Å². The van der Waals surface area contributed by atoms with E-state index in [1.54, 1.807) is 0 Å². The van der Waals surface area contributed by atoms with Gasteiger partial charge in [-0.2, -0.15) is 23.5 Å². The molecule has 0 bridgehead atoms. The molecule has 76 heavy (non-hydrogen) atoms. The van der Waals surface area contributed by atoms with Gasteiger partial charge < -0.3 is 18.8 Å². The Labute approximate surface area is 480 Å². The van der Waals surface area contributed by atoms with Crippen LogP contribution in [0.25, 0.3) is 0 Å². The lowest BCUT2D eigenvalue weighted by molar-refractivity contribution is -0.149. The Morgan fingerprint density at radius 2 is 0.855 bits per heavy atom. The van der Waals surface area contributed by atoms with Crippen LogP contribution in [0.5, 0.6) is 0 Å². The first-order chi connectivity index (χ1) is 37.1. The number of hydrogen-bond acceptors (Lipinski definition) is 8. The lowest BCUT2D eigenvalue weighted by Crippen LogP contribution is -2.66. The zero-order chi connectivity index (χ0) is 55.2. The number of carbonyl (C=O) groups is 2. The molecule has 0 aromatic heterocycles. The molecule has 2 rings (SSSR count). The summed E-state index contributed by atoms with van der Waals surface area (Å²) >= 11 is 4.01. The molecule has 0 aliphatic carbocycles. The van der Waals surface area contributed by atoms with Gasteiger partial charge >= 0.3 is 11.9 Å². The molecule has 0 aliphatic heterocycles. The predicted molar refractivity (Wildman–Crippen MR) is 339 cm³/mol. The highest BCUT2D eigenvalue weighted by Gasteiger charge is 2.50. The number of thioether (sulfide) groups is 2. The third-order valence-electron chi connectivity index (χ3n) is 15.6. The molecule has 438 valence electrons. The second kappa shape index (κ2) is 46.9. The number of ether oxygens (including phenoxy) is 2. The maximum Gasteiger partial charge on any atom is 0.306 e. The van der Waals surface area contributed by atoms with Crippen molar-refractivity contribution in [1.29, 1.82) is 0 Å². The molecule has 9 heteroatoms. The van der Waals surface area contributed by atoms with Gasteiger partial charge in [0, 0.05) is 37.0 Å². The van der Waals surface area contributed by atoms with Crippen molar-refractivity contribution in [2.75, 3.05) is 42.7 Å². The summed E-state index contributed by atoms with van der Waals surface area (Å²) in [7, 11) is -2.55. The van der Waals surface area contributed by atoms with Gasteiger partial charge in [0.1, 0.15) is 12.2 Å². The number of esters is 2. The van der Waals surface area contributed by atoms with Crippen LogP contribution >= 0.6 is 23.5 Å². The molecule has 0 N–H and O–H groups in total. The second-order valence-electron chi connectivity index (χ2n) is 23.3. The van der Waals surface area contributed by atoms with Crippen molar-refractivity contribution in [3.63, 3.8) is 0 Å². The van der Waals surface area contributed by atoms with E-state index in [9.17, 15) is 9.59 Å². The monoisotopic (exact) mass is 1110 g/mol. The van der Waals surface area contributed by atoms with E-state index in [1.807, 2.05) is 23.5 Å². The zero-order valence-electron chi connectivity index (χ0n) is 50.8. The van der Waals surface area contributed by atoms with Crippen LogP contribution in [0.3, 0.4) is 0 Å². The number of carbonyl (C=O) groups excluding carboxylic acids is 2. The molecular formula is C67H119NO5S2Si. The molecule has 0 saturated carbocycles. The molecule has 0 amide bonds. The number of unbranched alkanes of at least 4 members (excludes halogenated alkanes) is 21. The van der Waals surface area contributed by atoms with E-state index >= 15 is 0 Å². The molecule has 0 saturated heterocycles. The molecule has 2 aromatic carbocycles. The maximum atomic E-state index is 12.9. The quantitative estimate of drug-likeness (QED) is 0.0369. The highest BCUT2D eigenvalue weighted by Crippen LogP contribution is 2.37. The molecule has 6 nitrogen and oxygen atoms in total. The van der Waals surface area contributed by atoms with E-state index < -0.39 is 8.32 Å². The standard InChI is InChI=1S/C67H119NO5S2Si/c1-9-14-18-22-24-38-52-65(69)72-61(46-32-20-16-11-3)58-74-56-42-28-30-44-60(45-31-29-43-57-75-59-62(47-33-21-17-12-4)73-66(70)53-39-25-23-19-15-10-2)68(13-5)54-40-41-55-71-76(67(6,7)8,63-48-34-26-35-49-63)64-50-36-27-37-51-64/h26-27,34-37,48-51,60-62H,9-25,28-33,38-47,52-59H2,1-8H3. The highest BCUT2D eigenvalue weighted by atomic mass is 32.2.